The van der Waals surface area contributed by atoms with Crippen LogP contribution in [-0.2, 0) is 5.41 Å². The molecule has 19 heavy (non-hydrogen) atoms. The van der Waals surface area contributed by atoms with Gasteiger partial charge in [0, 0.05) is 5.41 Å². The van der Waals surface area contributed by atoms with Gasteiger partial charge in [-0.1, -0.05) is 63.2 Å². The monoisotopic (exact) mass is 254 g/mol. The van der Waals surface area contributed by atoms with Crippen molar-refractivity contribution >= 4 is 0 Å². The fourth-order valence-electron chi connectivity index (χ4n) is 2.55. The summed E-state index contributed by atoms with van der Waals surface area (Å²) in [6.07, 6.45) is 0. The van der Waals surface area contributed by atoms with Gasteiger partial charge in [-0.2, -0.15) is 0 Å². The van der Waals surface area contributed by atoms with E-state index in [1.165, 1.54) is 11.1 Å². The van der Waals surface area contributed by atoms with Crippen LogP contribution in [0.15, 0.2) is 54.6 Å². The summed E-state index contributed by atoms with van der Waals surface area (Å²) in [5.41, 5.74) is 2.71. The Balaban J connectivity index is 2.50. The maximum absolute atomic E-state index is 5.25. The van der Waals surface area contributed by atoms with E-state index in [1.807, 2.05) is 12.1 Å². The first kappa shape index (κ1) is 13.7. The minimum absolute atomic E-state index is 0.0214. The molecule has 2 aromatic carbocycles. The highest BCUT2D eigenvalue weighted by Crippen LogP contribution is 2.39. The summed E-state index contributed by atoms with van der Waals surface area (Å²) in [6, 6.07) is 19.1. The fourth-order valence-corrected chi connectivity index (χ4v) is 2.55. The van der Waals surface area contributed by atoms with Crippen molar-refractivity contribution in [2.75, 3.05) is 7.11 Å². The van der Waals surface area contributed by atoms with E-state index < -0.39 is 0 Å². The van der Waals surface area contributed by atoms with Crippen LogP contribution in [0.25, 0.3) is 0 Å². The zero-order valence-corrected chi connectivity index (χ0v) is 12.2. The molecule has 0 aromatic heterocycles. The summed E-state index contributed by atoms with van der Waals surface area (Å²) in [6.45, 7) is 6.86. The maximum atomic E-state index is 5.25. The predicted octanol–water partition coefficient (Wildman–Crippen LogP) is 4.66. The first-order valence-electron chi connectivity index (χ1n) is 6.79. The highest BCUT2D eigenvalue weighted by atomic mass is 16.5. The van der Waals surface area contributed by atoms with E-state index in [2.05, 4.69) is 63.2 Å². The molecule has 2 rings (SSSR count). The summed E-state index contributed by atoms with van der Waals surface area (Å²) in [5.74, 6) is 1.42. The van der Waals surface area contributed by atoms with Crippen LogP contribution in [0.3, 0.4) is 0 Å². The molecule has 0 saturated carbocycles. The summed E-state index contributed by atoms with van der Waals surface area (Å²) in [4.78, 5) is 0. The van der Waals surface area contributed by atoms with E-state index in [9.17, 15) is 0 Å². The van der Waals surface area contributed by atoms with E-state index in [0.29, 0.717) is 5.92 Å². The second kappa shape index (κ2) is 5.48. The van der Waals surface area contributed by atoms with Gasteiger partial charge in [0.05, 0.1) is 7.11 Å². The highest BCUT2D eigenvalue weighted by molar-refractivity contribution is 5.41. The summed E-state index contributed by atoms with van der Waals surface area (Å²) in [5, 5.41) is 0. The van der Waals surface area contributed by atoms with Crippen molar-refractivity contribution in [1.82, 2.24) is 0 Å². The van der Waals surface area contributed by atoms with Crippen molar-refractivity contribution in [2.45, 2.75) is 26.2 Å². The molecule has 0 fully saturated rings. The van der Waals surface area contributed by atoms with Gasteiger partial charge in [-0.05, 0) is 29.2 Å². The molecule has 0 radical (unpaired) electrons. The number of hydrogen-bond acceptors (Lipinski definition) is 1. The third-order valence-corrected chi connectivity index (χ3v) is 4.22. The normalized spacial score (nSPS) is 14.2. The molecule has 0 aliphatic heterocycles. The molecule has 0 bridgehead atoms. The van der Waals surface area contributed by atoms with Gasteiger partial charge in [0.1, 0.15) is 5.75 Å². The molecule has 0 saturated heterocycles. The van der Waals surface area contributed by atoms with Gasteiger partial charge in [0.2, 0.25) is 0 Å². The lowest BCUT2D eigenvalue weighted by Crippen LogP contribution is -2.30. The number of ether oxygens (including phenoxy) is 1. The summed E-state index contributed by atoms with van der Waals surface area (Å²) >= 11 is 0. The van der Waals surface area contributed by atoms with E-state index in [-0.39, 0.29) is 5.41 Å². The van der Waals surface area contributed by atoms with Crippen LogP contribution in [0.4, 0.5) is 0 Å². The van der Waals surface area contributed by atoms with Crippen LogP contribution < -0.4 is 4.74 Å². The topological polar surface area (TPSA) is 9.23 Å². The Labute approximate surface area is 116 Å². The standard InChI is InChI=1S/C18H22O/c1-14(2)18(3,15-8-6-5-7-9-15)16-10-12-17(19-4)13-11-16/h5-14H,1-4H3. The molecule has 1 heteroatoms. The minimum atomic E-state index is 0.0214. The summed E-state index contributed by atoms with van der Waals surface area (Å²) in [7, 11) is 1.70. The second-order valence-corrected chi connectivity index (χ2v) is 5.45. The van der Waals surface area contributed by atoms with Gasteiger partial charge < -0.3 is 4.74 Å². The lowest BCUT2D eigenvalue weighted by atomic mass is 9.68. The van der Waals surface area contributed by atoms with E-state index in [4.69, 9.17) is 4.74 Å². The zero-order valence-electron chi connectivity index (χ0n) is 12.2. The smallest absolute Gasteiger partial charge is 0.118 e. The average Bonchev–Trinajstić information content (AvgIpc) is 2.47. The molecule has 100 valence electrons. The van der Waals surface area contributed by atoms with Crippen molar-refractivity contribution in [2.24, 2.45) is 5.92 Å². The molecule has 0 N–H and O–H groups in total. The van der Waals surface area contributed by atoms with E-state index >= 15 is 0 Å². The first-order valence-corrected chi connectivity index (χ1v) is 6.79. The Morgan fingerprint density at radius 1 is 0.842 bits per heavy atom. The number of hydrogen-bond donors (Lipinski definition) is 0. The molecule has 1 unspecified atom stereocenters. The first-order chi connectivity index (χ1) is 9.09. The predicted molar refractivity (Wildman–Crippen MR) is 80.7 cm³/mol. The van der Waals surface area contributed by atoms with Crippen molar-refractivity contribution in [3.63, 3.8) is 0 Å². The Bertz CT molecular complexity index is 513. The quantitative estimate of drug-likeness (QED) is 0.771. The highest BCUT2D eigenvalue weighted by Gasteiger charge is 2.32. The third-order valence-electron chi connectivity index (χ3n) is 4.22. The maximum Gasteiger partial charge on any atom is 0.118 e. The second-order valence-electron chi connectivity index (χ2n) is 5.45. The molecule has 0 aliphatic rings. The molecular formula is C18H22O. The van der Waals surface area contributed by atoms with Crippen LogP contribution in [0.2, 0.25) is 0 Å². The summed E-state index contributed by atoms with van der Waals surface area (Å²) < 4.78 is 5.25. The van der Waals surface area contributed by atoms with E-state index in [0.717, 1.165) is 5.75 Å². The van der Waals surface area contributed by atoms with Crippen molar-refractivity contribution < 1.29 is 4.74 Å². The Kier molecular flexibility index (Phi) is 3.94. The third kappa shape index (κ3) is 2.51. The molecule has 0 aliphatic carbocycles. The van der Waals surface area contributed by atoms with Gasteiger partial charge in [0.25, 0.3) is 0 Å². The van der Waals surface area contributed by atoms with Gasteiger partial charge in [-0.25, -0.2) is 0 Å². The van der Waals surface area contributed by atoms with Crippen LogP contribution >= 0.6 is 0 Å². The van der Waals surface area contributed by atoms with Crippen molar-refractivity contribution in [3.8, 4) is 5.75 Å². The van der Waals surface area contributed by atoms with Crippen LogP contribution in [0.1, 0.15) is 31.9 Å². The Morgan fingerprint density at radius 3 is 1.84 bits per heavy atom. The lowest BCUT2D eigenvalue weighted by molar-refractivity contribution is 0.400. The number of benzene rings is 2. The SMILES string of the molecule is COc1ccc(C(C)(c2ccccc2)C(C)C)cc1. The molecule has 0 amide bonds. The molecule has 0 heterocycles. The van der Waals surface area contributed by atoms with Crippen LogP contribution in [0, 0.1) is 5.92 Å². The van der Waals surface area contributed by atoms with Gasteiger partial charge in [-0.3, -0.25) is 0 Å². The van der Waals surface area contributed by atoms with Gasteiger partial charge in [0.15, 0.2) is 0 Å². The van der Waals surface area contributed by atoms with Crippen molar-refractivity contribution in [3.05, 3.63) is 65.7 Å². The van der Waals surface area contributed by atoms with Gasteiger partial charge in [-0.15, -0.1) is 0 Å². The molecule has 2 aromatic rings. The zero-order chi connectivity index (χ0) is 13.9. The number of rotatable bonds is 4. The van der Waals surface area contributed by atoms with Gasteiger partial charge >= 0.3 is 0 Å². The Hall–Kier alpha value is -1.76. The fraction of sp³-hybridized carbons (Fsp3) is 0.333. The Morgan fingerprint density at radius 2 is 1.37 bits per heavy atom. The molecule has 0 spiro atoms. The minimum Gasteiger partial charge on any atom is -0.497 e. The lowest BCUT2D eigenvalue weighted by Gasteiger charge is -2.35. The van der Waals surface area contributed by atoms with Crippen LogP contribution in [-0.4, -0.2) is 7.11 Å². The van der Waals surface area contributed by atoms with E-state index in [1.54, 1.807) is 7.11 Å². The largest absolute Gasteiger partial charge is 0.497 e. The number of methoxy groups -OCH3 is 1. The molecule has 1 atom stereocenters. The van der Waals surface area contributed by atoms with Crippen molar-refractivity contribution in [1.29, 1.82) is 0 Å². The molecular weight excluding hydrogens is 232 g/mol. The van der Waals surface area contributed by atoms with Crippen LogP contribution in [0.5, 0.6) is 5.75 Å². The molecule has 1 nitrogen and oxygen atoms in total. The average molecular weight is 254 g/mol.